The second-order valence-corrected chi connectivity index (χ2v) is 8.62. The highest BCUT2D eigenvalue weighted by Crippen LogP contribution is 2.50. The molecule has 36 heavy (non-hydrogen) atoms. The number of carboxylic acids is 2. The van der Waals surface area contributed by atoms with Gasteiger partial charge in [0.2, 0.25) is 11.8 Å². The molecule has 4 rings (SSSR count). The molecule has 2 aliphatic rings. The van der Waals surface area contributed by atoms with E-state index < -0.39 is 59.6 Å². The van der Waals surface area contributed by atoms with Gasteiger partial charge in [-0.1, -0.05) is 30.3 Å². The number of nitrogens with one attached hydrogen (secondary N) is 1. The third kappa shape index (κ3) is 3.87. The first-order valence-electron chi connectivity index (χ1n) is 10.9. The van der Waals surface area contributed by atoms with Crippen LogP contribution < -0.4 is 5.32 Å². The number of hydrogen-bond acceptors (Lipinski definition) is 8. The highest BCUT2D eigenvalue weighted by Gasteiger charge is 2.69. The summed E-state index contributed by atoms with van der Waals surface area (Å²) < 4.78 is 4.65. The predicted octanol–water partition coefficient (Wildman–Crippen LogP) is 1.09. The first kappa shape index (κ1) is 24.6. The molecule has 4 atom stereocenters. The first-order valence-corrected chi connectivity index (χ1v) is 10.9. The molecule has 0 radical (unpaired) electrons. The topological polar surface area (TPSA) is 174 Å². The van der Waals surface area contributed by atoms with E-state index >= 15 is 0 Å². The van der Waals surface area contributed by atoms with Gasteiger partial charge in [-0.2, -0.15) is 5.26 Å². The summed E-state index contributed by atoms with van der Waals surface area (Å²) in [6.45, 7) is -0.207. The van der Waals surface area contributed by atoms with Crippen molar-refractivity contribution in [2.45, 2.75) is 24.5 Å². The fourth-order valence-corrected chi connectivity index (χ4v) is 5.08. The van der Waals surface area contributed by atoms with E-state index in [0.717, 1.165) is 4.90 Å². The third-order valence-electron chi connectivity index (χ3n) is 6.69. The molecule has 11 nitrogen and oxygen atoms in total. The molecule has 0 aromatic heterocycles. The summed E-state index contributed by atoms with van der Waals surface area (Å²) in [6.07, 6.45) is -0.949. The third-order valence-corrected chi connectivity index (χ3v) is 6.69. The Hall–Kier alpha value is -4.56. The van der Waals surface area contributed by atoms with E-state index in [-0.39, 0.29) is 17.7 Å². The second kappa shape index (κ2) is 9.24. The molecule has 3 N–H and O–H groups in total. The first-order chi connectivity index (χ1) is 17.1. The second-order valence-electron chi connectivity index (χ2n) is 8.62. The largest absolute Gasteiger partial charge is 0.481 e. The summed E-state index contributed by atoms with van der Waals surface area (Å²) in [5.74, 6) is -7.86. The number of carbonyl (C=O) groups is 5. The highest BCUT2D eigenvalue weighted by atomic mass is 16.5. The maximum Gasteiger partial charge on any atom is 0.337 e. The van der Waals surface area contributed by atoms with E-state index in [0.29, 0.717) is 11.1 Å². The number of benzene rings is 2. The van der Waals surface area contributed by atoms with Gasteiger partial charge in [-0.15, -0.1) is 0 Å². The molecule has 2 fully saturated rings. The van der Waals surface area contributed by atoms with Gasteiger partial charge in [0.05, 0.1) is 49.1 Å². The molecule has 0 saturated carbocycles. The molecule has 2 amide bonds. The molecule has 2 aliphatic heterocycles. The number of hydrogen-bond donors (Lipinski definition) is 3. The van der Waals surface area contributed by atoms with E-state index in [1.165, 1.54) is 43.5 Å². The van der Waals surface area contributed by atoms with Gasteiger partial charge in [-0.25, -0.2) is 4.79 Å². The summed E-state index contributed by atoms with van der Waals surface area (Å²) in [4.78, 5) is 63.8. The average molecular weight is 491 g/mol. The number of rotatable bonds is 7. The van der Waals surface area contributed by atoms with Crippen molar-refractivity contribution in [1.29, 1.82) is 5.26 Å². The Kier molecular flexibility index (Phi) is 6.30. The molecular formula is C25H21N3O8. The molecule has 2 aromatic carbocycles. The minimum absolute atomic E-state index is 0.169. The van der Waals surface area contributed by atoms with Crippen LogP contribution in [0.25, 0.3) is 0 Å². The Morgan fingerprint density at radius 3 is 2.33 bits per heavy atom. The maximum absolute atomic E-state index is 13.6. The van der Waals surface area contributed by atoms with Crippen LogP contribution in [0.5, 0.6) is 0 Å². The molecule has 4 unspecified atom stereocenters. The maximum atomic E-state index is 13.6. The quantitative estimate of drug-likeness (QED) is 0.376. The van der Waals surface area contributed by atoms with Crippen LogP contribution in [0.2, 0.25) is 0 Å². The average Bonchev–Trinajstić information content (AvgIpc) is 3.33. The van der Waals surface area contributed by atoms with Gasteiger partial charge in [0.15, 0.2) is 0 Å². The van der Waals surface area contributed by atoms with Gasteiger partial charge < -0.3 is 14.9 Å². The number of nitrogens with zero attached hydrogens (tertiary/aromatic N) is 2. The lowest BCUT2D eigenvalue weighted by molar-refractivity contribution is -0.156. The molecule has 2 heterocycles. The Labute approximate surface area is 204 Å². The Bertz CT molecular complexity index is 1320. The van der Waals surface area contributed by atoms with Crippen molar-refractivity contribution < 1.29 is 38.9 Å². The van der Waals surface area contributed by atoms with E-state index in [4.69, 9.17) is 0 Å². The fraction of sp³-hybridized carbons (Fsp3) is 0.280. The van der Waals surface area contributed by atoms with Crippen molar-refractivity contribution in [3.63, 3.8) is 0 Å². The van der Waals surface area contributed by atoms with Gasteiger partial charge >= 0.3 is 17.9 Å². The van der Waals surface area contributed by atoms with Crippen LogP contribution in [0, 0.1) is 23.2 Å². The standard InChI is InChI=1S/C25H21N3O8/c1-36-23(33)14-8-6-13(7-9-14)12-28-21(31)18-19(22(28)32)25(24(34)35,10-17(29)30)27-20(18)16-5-3-2-4-15(16)11-26/h2-9,18-20,27H,10,12H2,1H3,(H,29,30)(H,34,35). The SMILES string of the molecule is COC(=O)c1ccc(CN2C(=O)C3C(c4ccccc4C#N)NC(CC(=O)O)(C(=O)O)C3C2=O)cc1. The van der Waals surface area contributed by atoms with Crippen LogP contribution in [-0.4, -0.2) is 57.5 Å². The van der Waals surface area contributed by atoms with Gasteiger partial charge in [0.25, 0.3) is 0 Å². The van der Waals surface area contributed by atoms with Crippen LogP contribution in [0.4, 0.5) is 0 Å². The van der Waals surface area contributed by atoms with E-state index in [2.05, 4.69) is 10.1 Å². The number of aliphatic carboxylic acids is 2. The molecule has 11 heteroatoms. The molecule has 0 bridgehead atoms. The lowest BCUT2D eigenvalue weighted by Gasteiger charge is -2.30. The van der Waals surface area contributed by atoms with Crippen LogP contribution >= 0.6 is 0 Å². The predicted molar refractivity (Wildman–Crippen MR) is 120 cm³/mol. The zero-order valence-corrected chi connectivity index (χ0v) is 19.0. The lowest BCUT2D eigenvalue weighted by Crippen LogP contribution is -2.56. The number of ether oxygens (including phenoxy) is 1. The normalized spacial score (nSPS) is 24.8. The summed E-state index contributed by atoms with van der Waals surface area (Å²) in [5, 5.41) is 31.9. The van der Waals surface area contributed by atoms with Crippen LogP contribution in [0.15, 0.2) is 48.5 Å². The summed E-state index contributed by atoms with van der Waals surface area (Å²) in [7, 11) is 1.23. The van der Waals surface area contributed by atoms with Crippen LogP contribution in [0.1, 0.15) is 39.5 Å². The molecule has 184 valence electrons. The molecule has 2 saturated heterocycles. The number of imide groups is 1. The number of carbonyl (C=O) groups excluding carboxylic acids is 3. The van der Waals surface area contributed by atoms with Crippen LogP contribution in [-0.2, 0) is 30.5 Å². The minimum Gasteiger partial charge on any atom is -0.481 e. The monoisotopic (exact) mass is 491 g/mol. The molecule has 2 aromatic rings. The van der Waals surface area contributed by atoms with Crippen molar-refractivity contribution in [2.24, 2.45) is 11.8 Å². The number of amides is 2. The van der Waals surface area contributed by atoms with E-state index in [9.17, 15) is 39.4 Å². The zero-order chi connectivity index (χ0) is 26.2. The van der Waals surface area contributed by atoms with Gasteiger partial charge in [0.1, 0.15) is 5.54 Å². The highest BCUT2D eigenvalue weighted by molar-refractivity contribution is 6.10. The molecular weight excluding hydrogens is 470 g/mol. The number of methoxy groups -OCH3 is 1. The number of fused-ring (bicyclic) bond motifs is 1. The van der Waals surface area contributed by atoms with Crippen LogP contribution in [0.3, 0.4) is 0 Å². The van der Waals surface area contributed by atoms with E-state index in [1.807, 2.05) is 6.07 Å². The molecule has 0 spiro atoms. The zero-order valence-electron chi connectivity index (χ0n) is 19.0. The smallest absolute Gasteiger partial charge is 0.337 e. The summed E-state index contributed by atoms with van der Waals surface area (Å²) >= 11 is 0. The molecule has 0 aliphatic carbocycles. The Morgan fingerprint density at radius 1 is 1.08 bits per heavy atom. The lowest BCUT2D eigenvalue weighted by atomic mass is 9.77. The Balaban J connectivity index is 1.77. The van der Waals surface area contributed by atoms with Crippen molar-refractivity contribution >= 4 is 29.7 Å². The van der Waals surface area contributed by atoms with Gasteiger partial charge in [-0.3, -0.25) is 29.4 Å². The van der Waals surface area contributed by atoms with Gasteiger partial charge in [0, 0.05) is 6.04 Å². The summed E-state index contributed by atoms with van der Waals surface area (Å²) in [6, 6.07) is 13.1. The number of likely N-dealkylation sites (tertiary alicyclic amines) is 1. The number of carboxylic acid groups (broad SMARTS) is 2. The summed E-state index contributed by atoms with van der Waals surface area (Å²) in [5.41, 5.74) is -1.04. The van der Waals surface area contributed by atoms with Crippen molar-refractivity contribution in [2.75, 3.05) is 7.11 Å². The van der Waals surface area contributed by atoms with E-state index in [1.54, 1.807) is 12.1 Å². The van der Waals surface area contributed by atoms with Crippen molar-refractivity contribution in [1.82, 2.24) is 10.2 Å². The van der Waals surface area contributed by atoms with Gasteiger partial charge in [-0.05, 0) is 29.3 Å². The number of nitriles is 1. The van der Waals surface area contributed by atoms with Crippen molar-refractivity contribution in [3.05, 3.63) is 70.8 Å². The van der Waals surface area contributed by atoms with Crippen molar-refractivity contribution in [3.8, 4) is 6.07 Å². The number of esters is 1. The fourth-order valence-electron chi connectivity index (χ4n) is 5.08. The Morgan fingerprint density at radius 2 is 1.75 bits per heavy atom. The minimum atomic E-state index is -2.26.